The Kier molecular flexibility index (Phi) is 6.88. The van der Waals surface area contributed by atoms with Crippen LogP contribution in [0.1, 0.15) is 46.7 Å². The number of aryl methyl sites for hydroxylation is 1. The van der Waals surface area contributed by atoms with Crippen LogP contribution >= 0.6 is 23.4 Å². The smallest absolute Gasteiger partial charge is 0.456 e. The molecule has 0 saturated heterocycles. The number of aromatic nitrogens is 2. The Morgan fingerprint density at radius 1 is 1.00 bits per heavy atom. The molecule has 1 atom stereocenters. The molecule has 1 fully saturated rings. The van der Waals surface area contributed by atoms with Crippen molar-refractivity contribution in [3.8, 4) is 5.69 Å². The van der Waals surface area contributed by atoms with Gasteiger partial charge in [0.15, 0.2) is 23.3 Å². The second-order valence-corrected chi connectivity index (χ2v) is 11.8. The number of benzene rings is 4. The van der Waals surface area contributed by atoms with Crippen LogP contribution in [0.25, 0.3) is 27.5 Å². The molecule has 210 valence electrons. The summed E-state index contributed by atoms with van der Waals surface area (Å²) in [5, 5.41) is 2.78. The van der Waals surface area contributed by atoms with E-state index in [4.69, 9.17) is 30.2 Å². The van der Waals surface area contributed by atoms with Gasteiger partial charge in [0, 0.05) is 10.4 Å². The van der Waals surface area contributed by atoms with Crippen LogP contribution in [-0.2, 0) is 16.1 Å². The molecular formula is C33H25ClN2O5S. The van der Waals surface area contributed by atoms with E-state index in [-0.39, 0.29) is 18.1 Å². The second kappa shape index (κ2) is 10.9. The van der Waals surface area contributed by atoms with Crippen molar-refractivity contribution < 1.29 is 18.4 Å². The maximum atomic E-state index is 13.7. The predicted octanol–water partition coefficient (Wildman–Crippen LogP) is 8.14. The monoisotopic (exact) mass is 596 g/mol. The normalized spacial score (nSPS) is 14.0. The molecule has 7 rings (SSSR count). The number of nitrogens with zero attached hydrogens (tertiary/aromatic N) is 2. The van der Waals surface area contributed by atoms with E-state index in [9.17, 15) is 9.59 Å². The first-order valence-corrected chi connectivity index (χ1v) is 14.9. The van der Waals surface area contributed by atoms with E-state index in [1.165, 1.54) is 35.6 Å². The van der Waals surface area contributed by atoms with Gasteiger partial charge in [-0.2, -0.15) is 0 Å². The van der Waals surface area contributed by atoms with Gasteiger partial charge in [0.25, 0.3) is 0 Å². The van der Waals surface area contributed by atoms with E-state index < -0.39 is 17.0 Å². The Balaban J connectivity index is 1.33. The summed E-state index contributed by atoms with van der Waals surface area (Å²) < 4.78 is 17.7. The molecule has 0 amide bonds. The lowest BCUT2D eigenvalue weighted by molar-refractivity contribution is -0.145. The van der Waals surface area contributed by atoms with E-state index in [1.807, 2.05) is 24.3 Å². The number of hydrogen-bond acceptors (Lipinski definition) is 7. The van der Waals surface area contributed by atoms with Crippen LogP contribution in [0.15, 0.2) is 104 Å². The molecule has 2 aromatic heterocycles. The highest BCUT2D eigenvalue weighted by molar-refractivity contribution is 8.00. The molecule has 1 aliphatic carbocycles. The maximum Gasteiger partial charge on any atom is 0.519 e. The van der Waals surface area contributed by atoms with E-state index >= 15 is 0 Å². The van der Waals surface area contributed by atoms with Crippen LogP contribution in [0.5, 0.6) is 0 Å². The van der Waals surface area contributed by atoms with E-state index in [1.54, 1.807) is 31.2 Å². The summed E-state index contributed by atoms with van der Waals surface area (Å²) in [7, 11) is 0. The number of carbonyl (C=O) groups excluding carboxylic acids is 1. The van der Waals surface area contributed by atoms with Crippen molar-refractivity contribution in [2.45, 2.75) is 42.7 Å². The van der Waals surface area contributed by atoms with E-state index in [2.05, 4.69) is 41.0 Å². The number of halogens is 1. The predicted molar refractivity (Wildman–Crippen MR) is 162 cm³/mol. The molecule has 0 N–H and O–H groups in total. The molecule has 9 heteroatoms. The zero-order chi connectivity index (χ0) is 28.8. The summed E-state index contributed by atoms with van der Waals surface area (Å²) in [5.41, 5.74) is 4.81. The molecule has 7 nitrogen and oxygen atoms in total. The van der Waals surface area contributed by atoms with Crippen molar-refractivity contribution in [2.75, 3.05) is 0 Å². The van der Waals surface area contributed by atoms with Crippen LogP contribution in [0.3, 0.4) is 0 Å². The highest BCUT2D eigenvalue weighted by Gasteiger charge is 2.30. The molecule has 1 aliphatic rings. The fourth-order valence-electron chi connectivity index (χ4n) is 5.28. The Morgan fingerprint density at radius 3 is 2.48 bits per heavy atom. The lowest BCUT2D eigenvalue weighted by atomic mass is 9.99. The molecule has 4 aromatic carbocycles. The number of thioether (sulfide) groups is 1. The quantitative estimate of drug-likeness (QED) is 0.129. The van der Waals surface area contributed by atoms with Crippen LogP contribution in [0.2, 0.25) is 5.02 Å². The van der Waals surface area contributed by atoms with Crippen LogP contribution in [0.4, 0.5) is 0 Å². The molecule has 0 radical (unpaired) electrons. The molecule has 1 unspecified atom stereocenters. The first kappa shape index (κ1) is 26.6. The number of esters is 1. The summed E-state index contributed by atoms with van der Waals surface area (Å²) in [6.07, 6.45) is 2.43. The van der Waals surface area contributed by atoms with Crippen LogP contribution in [-0.4, -0.2) is 15.5 Å². The van der Waals surface area contributed by atoms with Gasteiger partial charge in [-0.3, -0.25) is 9.36 Å². The third-order valence-corrected chi connectivity index (χ3v) is 8.95. The Hall–Kier alpha value is -4.27. The molecule has 1 saturated carbocycles. The van der Waals surface area contributed by atoms with E-state index in [0.29, 0.717) is 21.7 Å². The molecule has 2 heterocycles. The number of fused-ring (bicyclic) bond motifs is 2. The van der Waals surface area contributed by atoms with Crippen molar-refractivity contribution in [1.82, 2.24) is 9.55 Å². The van der Waals surface area contributed by atoms with Crippen molar-refractivity contribution in [1.29, 1.82) is 0 Å². The highest BCUT2D eigenvalue weighted by Crippen LogP contribution is 2.45. The average molecular weight is 597 g/mol. The summed E-state index contributed by atoms with van der Waals surface area (Å²) in [6, 6.07) is 27.9. The van der Waals surface area contributed by atoms with Gasteiger partial charge in [0.2, 0.25) is 0 Å². The SMILES string of the molecule is Cc1oc(=O)oc1COC(=O)C(Sc1nc2ccccc2n1-c1ccc(C2CC2)c2ccccc12)c1ccc(Cl)cc1. The first-order chi connectivity index (χ1) is 20.5. The zero-order valence-corrected chi connectivity index (χ0v) is 24.2. The zero-order valence-electron chi connectivity index (χ0n) is 22.6. The van der Waals surface area contributed by atoms with Crippen LogP contribution < -0.4 is 5.82 Å². The van der Waals surface area contributed by atoms with Gasteiger partial charge in [0.1, 0.15) is 5.25 Å². The minimum absolute atomic E-state index is 0.169. The van der Waals surface area contributed by atoms with Gasteiger partial charge in [-0.25, -0.2) is 9.78 Å². The highest BCUT2D eigenvalue weighted by atomic mass is 35.5. The van der Waals surface area contributed by atoms with Gasteiger partial charge in [0.05, 0.1) is 16.7 Å². The lowest BCUT2D eigenvalue weighted by Gasteiger charge is -2.18. The summed E-state index contributed by atoms with van der Waals surface area (Å²) >= 11 is 7.48. The standard InChI is InChI=1S/C33H25ClN2O5S/c1-19-29(41-33(38)40-19)18-39-31(37)30(21-12-14-22(34)15-13-21)42-32-35-26-8-4-5-9-28(26)36(32)27-17-16-23(20-10-11-20)24-6-2-3-7-25(24)27/h2-9,12-17,20,30H,10-11,18H2,1H3. The number of carbonyl (C=O) groups is 1. The molecular weight excluding hydrogens is 572 g/mol. The number of ether oxygens (including phenoxy) is 1. The Bertz CT molecular complexity index is 2010. The largest absolute Gasteiger partial charge is 0.519 e. The minimum Gasteiger partial charge on any atom is -0.456 e. The Labute approximate surface area is 250 Å². The van der Waals surface area contributed by atoms with Gasteiger partial charge in [-0.1, -0.05) is 78.0 Å². The topological polar surface area (TPSA) is 87.5 Å². The first-order valence-electron chi connectivity index (χ1n) is 13.6. The number of para-hydroxylation sites is 2. The number of rotatable bonds is 8. The molecule has 42 heavy (non-hydrogen) atoms. The van der Waals surface area contributed by atoms with Gasteiger partial charge < -0.3 is 13.6 Å². The average Bonchev–Trinajstić information content (AvgIpc) is 3.70. The van der Waals surface area contributed by atoms with Crippen molar-refractivity contribution in [2.24, 2.45) is 0 Å². The third-order valence-electron chi connectivity index (χ3n) is 7.51. The molecule has 0 aliphatic heterocycles. The molecule has 0 spiro atoms. The third kappa shape index (κ3) is 5.01. The minimum atomic E-state index is -0.837. The molecule has 0 bridgehead atoms. The van der Waals surface area contributed by atoms with Crippen molar-refractivity contribution in [3.63, 3.8) is 0 Å². The summed E-state index contributed by atoms with van der Waals surface area (Å²) in [4.78, 5) is 30.1. The fraction of sp³-hybridized carbons (Fsp3) is 0.182. The summed E-state index contributed by atoms with van der Waals surface area (Å²) in [6.45, 7) is 1.35. The fourth-order valence-corrected chi connectivity index (χ4v) is 6.53. The van der Waals surface area contributed by atoms with Gasteiger partial charge in [-0.05, 0) is 72.5 Å². The second-order valence-electron chi connectivity index (χ2n) is 10.3. The maximum absolute atomic E-state index is 13.7. The molecule has 6 aromatic rings. The number of hydrogen-bond donors (Lipinski definition) is 0. The summed E-state index contributed by atoms with van der Waals surface area (Å²) in [5.74, 6) is -0.312. The van der Waals surface area contributed by atoms with Crippen molar-refractivity contribution >= 4 is 51.1 Å². The van der Waals surface area contributed by atoms with E-state index in [0.717, 1.165) is 22.1 Å². The van der Waals surface area contributed by atoms with Gasteiger partial charge >= 0.3 is 11.8 Å². The van der Waals surface area contributed by atoms with Gasteiger partial charge in [-0.15, -0.1) is 0 Å². The lowest BCUT2D eigenvalue weighted by Crippen LogP contribution is -2.14. The Morgan fingerprint density at radius 2 is 1.74 bits per heavy atom. The number of imidazole rings is 1. The van der Waals surface area contributed by atoms with Crippen molar-refractivity contribution in [3.05, 3.63) is 123 Å². The van der Waals surface area contributed by atoms with Crippen LogP contribution in [0, 0.1) is 6.92 Å².